The Morgan fingerprint density at radius 1 is 1.53 bits per heavy atom. The largest absolute Gasteiger partial charge is 0.480 e. The molecule has 1 aromatic rings. The predicted octanol–water partition coefficient (Wildman–Crippen LogP) is 1.32. The highest BCUT2D eigenvalue weighted by Crippen LogP contribution is 2.25. The molecule has 1 rings (SSSR count). The van der Waals surface area contributed by atoms with E-state index in [1.807, 2.05) is 20.8 Å². The van der Waals surface area contributed by atoms with Gasteiger partial charge in [0.15, 0.2) is 0 Å². The number of aromatic nitrogens is 2. The van der Waals surface area contributed by atoms with Crippen molar-refractivity contribution in [2.24, 2.45) is 0 Å². The number of halogens is 1. The van der Waals surface area contributed by atoms with Gasteiger partial charge in [-0.15, -0.1) is 0 Å². The van der Waals surface area contributed by atoms with E-state index in [4.69, 9.17) is 5.11 Å². The fourth-order valence-electron chi connectivity index (χ4n) is 1.20. The Morgan fingerprint density at radius 3 is 2.40 bits per heavy atom. The molecule has 0 unspecified atom stereocenters. The average Bonchev–Trinajstić information content (AvgIpc) is 2.30. The molecule has 0 aliphatic rings. The Kier molecular flexibility index (Phi) is 3.08. The molecule has 1 aromatic heterocycles. The molecule has 6 heteroatoms. The number of carboxylic acids is 1. The zero-order valence-corrected chi connectivity index (χ0v) is 10.4. The van der Waals surface area contributed by atoms with Gasteiger partial charge in [0, 0.05) is 5.41 Å². The van der Waals surface area contributed by atoms with Gasteiger partial charge in [-0.1, -0.05) is 20.8 Å². The van der Waals surface area contributed by atoms with Gasteiger partial charge in [-0.3, -0.25) is 14.7 Å². The SMILES string of the molecule is CC(C)(C)c1[nH]n(CC(=O)O)c(=O)c1Br. The van der Waals surface area contributed by atoms with Gasteiger partial charge < -0.3 is 5.11 Å². The third-order valence-corrected chi connectivity index (χ3v) is 2.68. The zero-order valence-electron chi connectivity index (χ0n) is 8.80. The van der Waals surface area contributed by atoms with Crippen molar-refractivity contribution in [1.82, 2.24) is 9.78 Å². The number of aliphatic carboxylic acids is 1. The number of nitrogens with one attached hydrogen (secondary N) is 1. The van der Waals surface area contributed by atoms with Gasteiger partial charge in [-0.05, 0) is 15.9 Å². The van der Waals surface area contributed by atoms with Gasteiger partial charge in [0.1, 0.15) is 11.0 Å². The summed E-state index contributed by atoms with van der Waals surface area (Å²) in [6.07, 6.45) is 0. The van der Waals surface area contributed by atoms with Crippen molar-refractivity contribution in [3.63, 3.8) is 0 Å². The summed E-state index contributed by atoms with van der Waals surface area (Å²) in [5.41, 5.74) is 0.123. The molecule has 5 nitrogen and oxygen atoms in total. The highest BCUT2D eigenvalue weighted by Gasteiger charge is 2.23. The summed E-state index contributed by atoms with van der Waals surface area (Å²) >= 11 is 3.17. The van der Waals surface area contributed by atoms with Crippen molar-refractivity contribution in [2.75, 3.05) is 0 Å². The van der Waals surface area contributed by atoms with E-state index in [1.165, 1.54) is 0 Å². The third-order valence-electron chi connectivity index (χ3n) is 1.94. The number of hydrogen-bond acceptors (Lipinski definition) is 2. The molecule has 0 bridgehead atoms. The van der Waals surface area contributed by atoms with Crippen LogP contribution in [-0.2, 0) is 16.8 Å². The van der Waals surface area contributed by atoms with Crippen LogP contribution in [0, 0.1) is 0 Å². The molecule has 84 valence electrons. The number of hydrogen-bond donors (Lipinski definition) is 2. The van der Waals surface area contributed by atoms with E-state index >= 15 is 0 Å². The topological polar surface area (TPSA) is 75.1 Å². The van der Waals surface area contributed by atoms with E-state index in [-0.39, 0.29) is 17.5 Å². The molecular weight excluding hydrogens is 264 g/mol. The zero-order chi connectivity index (χ0) is 11.8. The van der Waals surface area contributed by atoms with Crippen molar-refractivity contribution in [2.45, 2.75) is 32.7 Å². The second-order valence-electron chi connectivity index (χ2n) is 4.34. The summed E-state index contributed by atoms with van der Waals surface area (Å²) in [4.78, 5) is 22.1. The number of rotatable bonds is 2. The molecule has 0 atom stereocenters. The summed E-state index contributed by atoms with van der Waals surface area (Å²) < 4.78 is 1.48. The monoisotopic (exact) mass is 276 g/mol. The first-order chi connectivity index (χ1) is 6.73. The average molecular weight is 277 g/mol. The van der Waals surface area contributed by atoms with Crippen molar-refractivity contribution in [3.05, 3.63) is 20.5 Å². The molecule has 0 aliphatic carbocycles. The van der Waals surface area contributed by atoms with Crippen LogP contribution in [0.15, 0.2) is 9.27 Å². The molecule has 2 N–H and O–H groups in total. The number of carbonyl (C=O) groups is 1. The van der Waals surface area contributed by atoms with E-state index in [0.29, 0.717) is 10.2 Å². The van der Waals surface area contributed by atoms with Crippen molar-refractivity contribution in [3.8, 4) is 0 Å². The molecule has 1 heterocycles. The maximum absolute atomic E-state index is 11.6. The van der Waals surface area contributed by atoms with E-state index in [9.17, 15) is 9.59 Å². The van der Waals surface area contributed by atoms with Crippen LogP contribution in [0.3, 0.4) is 0 Å². The Labute approximate surface area is 95.2 Å². The van der Waals surface area contributed by atoms with Crippen LogP contribution in [0.4, 0.5) is 0 Å². The van der Waals surface area contributed by atoms with E-state index in [1.54, 1.807) is 0 Å². The lowest BCUT2D eigenvalue weighted by Gasteiger charge is -2.16. The van der Waals surface area contributed by atoms with Crippen LogP contribution in [-0.4, -0.2) is 20.9 Å². The van der Waals surface area contributed by atoms with Crippen LogP contribution in [0.1, 0.15) is 26.5 Å². The van der Waals surface area contributed by atoms with Crippen molar-refractivity contribution >= 4 is 21.9 Å². The summed E-state index contributed by atoms with van der Waals surface area (Å²) in [5, 5.41) is 11.4. The molecule has 0 spiro atoms. The maximum atomic E-state index is 11.6. The minimum Gasteiger partial charge on any atom is -0.480 e. The quantitative estimate of drug-likeness (QED) is 0.856. The maximum Gasteiger partial charge on any atom is 0.325 e. The minimum absolute atomic E-state index is 0.234. The molecule has 0 aliphatic heterocycles. The normalized spacial score (nSPS) is 11.7. The molecule has 0 radical (unpaired) electrons. The molecular formula is C9H13BrN2O3. The highest BCUT2D eigenvalue weighted by atomic mass is 79.9. The fourth-order valence-corrected chi connectivity index (χ4v) is 2.10. The van der Waals surface area contributed by atoms with Crippen LogP contribution in [0.2, 0.25) is 0 Å². The first kappa shape index (κ1) is 12.0. The smallest absolute Gasteiger partial charge is 0.325 e. The van der Waals surface area contributed by atoms with Gasteiger partial charge in [-0.25, -0.2) is 4.68 Å². The Morgan fingerprint density at radius 2 is 2.07 bits per heavy atom. The van der Waals surface area contributed by atoms with Gasteiger partial charge in [0.05, 0.1) is 5.69 Å². The summed E-state index contributed by atoms with van der Waals surface area (Å²) in [5.74, 6) is -1.05. The second kappa shape index (κ2) is 3.84. The van der Waals surface area contributed by atoms with Crippen LogP contribution < -0.4 is 5.56 Å². The Hall–Kier alpha value is -1.04. The standard InChI is InChI=1S/C9H13BrN2O3/c1-9(2,3)7-6(10)8(15)12(11-7)4-5(13)14/h11H,4H2,1-3H3,(H,13,14). The predicted molar refractivity (Wildman–Crippen MR) is 59.1 cm³/mol. The van der Waals surface area contributed by atoms with Gasteiger partial charge in [0.2, 0.25) is 0 Å². The number of aromatic amines is 1. The lowest BCUT2D eigenvalue weighted by Crippen LogP contribution is -2.21. The summed E-state index contributed by atoms with van der Waals surface area (Å²) in [6, 6.07) is 0. The Balaban J connectivity index is 3.25. The lowest BCUT2D eigenvalue weighted by molar-refractivity contribution is -0.137. The van der Waals surface area contributed by atoms with E-state index in [2.05, 4.69) is 21.0 Å². The van der Waals surface area contributed by atoms with Gasteiger partial charge in [0.25, 0.3) is 5.56 Å². The molecule has 15 heavy (non-hydrogen) atoms. The van der Waals surface area contributed by atoms with Crippen LogP contribution in [0.25, 0.3) is 0 Å². The number of nitrogens with zero attached hydrogens (tertiary/aromatic N) is 1. The molecule has 0 saturated carbocycles. The fraction of sp³-hybridized carbons (Fsp3) is 0.556. The van der Waals surface area contributed by atoms with Gasteiger partial charge in [-0.2, -0.15) is 0 Å². The minimum atomic E-state index is -1.05. The molecule has 0 aromatic carbocycles. The lowest BCUT2D eigenvalue weighted by atomic mass is 9.93. The van der Waals surface area contributed by atoms with Crippen LogP contribution in [0.5, 0.6) is 0 Å². The summed E-state index contributed by atoms with van der Waals surface area (Å²) in [6.45, 7) is 5.46. The molecule has 0 saturated heterocycles. The molecule has 0 fully saturated rings. The summed E-state index contributed by atoms with van der Waals surface area (Å²) in [7, 11) is 0. The van der Waals surface area contributed by atoms with Crippen molar-refractivity contribution in [1.29, 1.82) is 0 Å². The Bertz CT molecular complexity index is 439. The second-order valence-corrected chi connectivity index (χ2v) is 5.13. The first-order valence-electron chi connectivity index (χ1n) is 4.44. The van der Waals surface area contributed by atoms with E-state index < -0.39 is 5.97 Å². The molecule has 0 amide bonds. The first-order valence-corrected chi connectivity index (χ1v) is 5.23. The van der Waals surface area contributed by atoms with Crippen LogP contribution >= 0.6 is 15.9 Å². The van der Waals surface area contributed by atoms with Gasteiger partial charge >= 0.3 is 5.97 Å². The van der Waals surface area contributed by atoms with E-state index in [0.717, 1.165) is 4.68 Å². The number of carboxylic acid groups (broad SMARTS) is 1. The highest BCUT2D eigenvalue weighted by molar-refractivity contribution is 9.10. The third kappa shape index (κ3) is 2.50. The number of H-pyrrole nitrogens is 1. The van der Waals surface area contributed by atoms with Crippen molar-refractivity contribution < 1.29 is 9.90 Å².